The van der Waals surface area contributed by atoms with Crippen LogP contribution in [0.3, 0.4) is 0 Å². The van der Waals surface area contributed by atoms with Gasteiger partial charge in [0.2, 0.25) is 0 Å². The van der Waals surface area contributed by atoms with Crippen molar-refractivity contribution < 1.29 is 0 Å². The predicted molar refractivity (Wildman–Crippen MR) is 40.5 cm³/mol. The van der Waals surface area contributed by atoms with Crippen LogP contribution in [0.15, 0.2) is 12.7 Å². The molecule has 0 saturated heterocycles. The van der Waals surface area contributed by atoms with Gasteiger partial charge in [0.15, 0.2) is 0 Å². The number of hydrogen-bond donors (Lipinski definition) is 0. The third kappa shape index (κ3) is 3.98. The van der Waals surface area contributed by atoms with E-state index in [1.54, 1.807) is 0 Å². The first-order valence-electron chi connectivity index (χ1n) is 3.25. The molecule has 0 amide bonds. The Balaban J connectivity index is 3.03. The van der Waals surface area contributed by atoms with Gasteiger partial charge in [-0.3, -0.25) is 0 Å². The van der Waals surface area contributed by atoms with Crippen molar-refractivity contribution in [1.29, 1.82) is 0 Å². The van der Waals surface area contributed by atoms with Crippen molar-refractivity contribution in [3.8, 4) is 0 Å². The molecule has 1 heteroatoms. The van der Waals surface area contributed by atoms with Gasteiger partial charge in [0.25, 0.3) is 0 Å². The van der Waals surface area contributed by atoms with Crippen LogP contribution in [0.1, 0.15) is 20.3 Å². The summed E-state index contributed by atoms with van der Waals surface area (Å²) in [4.78, 5) is 0. The highest BCUT2D eigenvalue weighted by atomic mass is 13.8. The summed E-state index contributed by atoms with van der Waals surface area (Å²) in [6.07, 6.45) is 4.26. The third-order valence-corrected chi connectivity index (χ3v) is 1.18. The highest BCUT2D eigenvalue weighted by Gasteiger charge is 1.96. The van der Waals surface area contributed by atoms with Crippen LogP contribution in [-0.2, 0) is 0 Å². The van der Waals surface area contributed by atoms with E-state index in [0.29, 0.717) is 0 Å². The van der Waals surface area contributed by atoms with Crippen LogP contribution >= 0.6 is 0 Å². The first-order chi connectivity index (χ1) is 3.81. The van der Waals surface area contributed by atoms with Gasteiger partial charge >= 0.3 is 0 Å². The van der Waals surface area contributed by atoms with Crippen LogP contribution in [0.25, 0.3) is 0 Å². The summed E-state index contributed by atoms with van der Waals surface area (Å²) >= 11 is 0. The van der Waals surface area contributed by atoms with E-state index < -0.39 is 0 Å². The molecule has 0 N–H and O–H groups in total. The Morgan fingerprint density at radius 3 is 2.75 bits per heavy atom. The fourth-order valence-electron chi connectivity index (χ4n) is 0.761. The Hall–Kier alpha value is -0.195. The molecular weight excluding hydrogens is 94.9 g/mol. The van der Waals surface area contributed by atoms with Crippen molar-refractivity contribution in [2.45, 2.75) is 32.4 Å². The molecule has 0 aromatic heterocycles. The van der Waals surface area contributed by atoms with Crippen molar-refractivity contribution in [2.75, 3.05) is 0 Å². The molecule has 0 fully saturated rings. The van der Waals surface area contributed by atoms with E-state index in [2.05, 4.69) is 27.7 Å². The van der Waals surface area contributed by atoms with Gasteiger partial charge in [0.1, 0.15) is 7.28 Å². The van der Waals surface area contributed by atoms with Gasteiger partial charge in [-0.15, -0.1) is 6.58 Å². The molecule has 0 spiro atoms. The lowest BCUT2D eigenvalue weighted by Crippen LogP contribution is -1.94. The Kier molecular flexibility index (Phi) is 4.83. The highest BCUT2D eigenvalue weighted by Crippen LogP contribution is 2.08. The van der Waals surface area contributed by atoms with E-state index >= 15 is 0 Å². The highest BCUT2D eigenvalue weighted by molar-refractivity contribution is 6.37. The van der Waals surface area contributed by atoms with E-state index in [9.17, 15) is 0 Å². The van der Waals surface area contributed by atoms with Crippen LogP contribution in [-0.4, -0.2) is 7.28 Å². The molecule has 0 aliphatic carbocycles. The second-order valence-electron chi connectivity index (χ2n) is 2.15. The van der Waals surface area contributed by atoms with Crippen molar-refractivity contribution in [1.82, 2.24) is 0 Å². The van der Waals surface area contributed by atoms with Crippen LogP contribution in [0.2, 0.25) is 12.1 Å². The molecule has 0 nitrogen and oxygen atoms in total. The van der Waals surface area contributed by atoms with Crippen molar-refractivity contribution in [3.63, 3.8) is 0 Å². The fraction of sp³-hybridized carbons (Fsp3) is 0.714. The normalized spacial score (nSPS) is 12.8. The number of hydrogen-bond acceptors (Lipinski definition) is 0. The zero-order valence-corrected chi connectivity index (χ0v) is 5.85. The van der Waals surface area contributed by atoms with E-state index in [0.717, 1.165) is 12.2 Å². The van der Waals surface area contributed by atoms with Crippen molar-refractivity contribution in [2.24, 2.45) is 0 Å². The fourth-order valence-corrected chi connectivity index (χ4v) is 0.761. The molecule has 45 valence electrons. The maximum atomic E-state index is 3.66. The lowest BCUT2D eigenvalue weighted by Gasteiger charge is -2.01. The van der Waals surface area contributed by atoms with Gasteiger partial charge in [-0.05, 0) is 6.42 Å². The minimum atomic E-state index is 0.720. The van der Waals surface area contributed by atoms with E-state index in [1.807, 2.05) is 6.08 Å². The molecule has 0 unspecified atom stereocenters. The second kappa shape index (κ2) is 4.95. The van der Waals surface area contributed by atoms with Gasteiger partial charge in [-0.1, -0.05) is 32.1 Å². The summed E-state index contributed by atoms with van der Waals surface area (Å²) in [5.41, 5.74) is 0. The molecule has 8 heavy (non-hydrogen) atoms. The summed E-state index contributed by atoms with van der Waals surface area (Å²) in [5, 5.41) is 0. The molecule has 0 heterocycles. The molecule has 0 rings (SSSR count). The van der Waals surface area contributed by atoms with Crippen molar-refractivity contribution in [3.05, 3.63) is 12.7 Å². The first-order valence-corrected chi connectivity index (χ1v) is 3.25. The number of allylic oxidation sites excluding steroid dienone is 1. The van der Waals surface area contributed by atoms with Crippen LogP contribution < -0.4 is 0 Å². The zero-order valence-electron chi connectivity index (χ0n) is 5.85. The van der Waals surface area contributed by atoms with E-state index in [1.165, 1.54) is 6.32 Å². The van der Waals surface area contributed by atoms with Crippen LogP contribution in [0, 0.1) is 0 Å². The minimum Gasteiger partial charge on any atom is -0.103 e. The molecule has 0 aromatic rings. The van der Waals surface area contributed by atoms with Gasteiger partial charge in [-0.2, -0.15) is 0 Å². The first kappa shape index (κ1) is 7.80. The summed E-state index contributed by atoms with van der Waals surface area (Å²) in [5.74, 6) is 0.720. The van der Waals surface area contributed by atoms with Crippen LogP contribution in [0.4, 0.5) is 0 Å². The monoisotopic (exact) mass is 109 g/mol. The summed E-state index contributed by atoms with van der Waals surface area (Å²) in [6.45, 7) is 8.04. The molecule has 1 radical (unpaired) electrons. The largest absolute Gasteiger partial charge is 0.113 e. The van der Waals surface area contributed by atoms with Gasteiger partial charge in [0.05, 0.1) is 0 Å². The molecule has 1 atom stereocenters. The predicted octanol–water partition coefficient (Wildman–Crippen LogP) is 2.51. The maximum absolute atomic E-state index is 3.66. The SMILES string of the molecule is C=CC[C@H](C)[B]CC. The molecule has 0 saturated carbocycles. The van der Waals surface area contributed by atoms with Gasteiger partial charge < -0.3 is 0 Å². The van der Waals surface area contributed by atoms with E-state index in [4.69, 9.17) is 0 Å². The summed E-state index contributed by atoms with van der Waals surface area (Å²) in [6, 6.07) is 0. The van der Waals surface area contributed by atoms with E-state index in [-0.39, 0.29) is 0 Å². The summed E-state index contributed by atoms with van der Waals surface area (Å²) < 4.78 is 0. The standard InChI is InChI=1S/C7H14B/c1-4-6-7(3)8-5-2/h4,7H,1,5-6H2,2-3H3/t7-/m0/s1. The maximum Gasteiger partial charge on any atom is 0.113 e. The Morgan fingerprint density at radius 2 is 2.38 bits per heavy atom. The minimum absolute atomic E-state index is 0.720. The Bertz CT molecular complexity index is 59.4. The summed E-state index contributed by atoms with van der Waals surface area (Å²) in [7, 11) is 2.31. The lowest BCUT2D eigenvalue weighted by molar-refractivity contribution is 0.934. The van der Waals surface area contributed by atoms with Gasteiger partial charge in [0, 0.05) is 0 Å². The average molecular weight is 109 g/mol. The molecular formula is C7H14B. The third-order valence-electron chi connectivity index (χ3n) is 1.18. The molecule has 0 aliphatic rings. The van der Waals surface area contributed by atoms with Crippen LogP contribution in [0.5, 0.6) is 0 Å². The Morgan fingerprint density at radius 1 is 1.75 bits per heavy atom. The number of rotatable bonds is 4. The smallest absolute Gasteiger partial charge is 0.103 e. The van der Waals surface area contributed by atoms with Crippen molar-refractivity contribution >= 4 is 7.28 Å². The quantitative estimate of drug-likeness (QED) is 0.384. The zero-order chi connectivity index (χ0) is 6.41. The Labute approximate surface area is 53.2 Å². The average Bonchev–Trinajstić information content (AvgIpc) is 1.68. The molecule has 0 bridgehead atoms. The van der Waals surface area contributed by atoms with Gasteiger partial charge in [-0.25, -0.2) is 0 Å². The molecule has 0 aromatic carbocycles. The molecule has 0 aliphatic heterocycles. The lowest BCUT2D eigenvalue weighted by atomic mass is 9.62. The second-order valence-corrected chi connectivity index (χ2v) is 2.15. The topological polar surface area (TPSA) is 0 Å².